The zero-order chi connectivity index (χ0) is 11.3. The number of nitrogens with zero attached hydrogens (tertiary/aromatic N) is 1. The zero-order valence-corrected chi connectivity index (χ0v) is 9.79. The normalized spacial score (nSPS) is 10.1. The molecule has 0 aliphatic rings. The van der Waals surface area contributed by atoms with E-state index < -0.39 is 0 Å². The number of nitrogen functional groups attached to an aromatic ring is 1. The Balaban J connectivity index is 2.76. The molecule has 84 valence electrons. The second kappa shape index (κ2) is 5.49. The van der Waals surface area contributed by atoms with Gasteiger partial charge < -0.3 is 15.4 Å². The van der Waals surface area contributed by atoms with E-state index >= 15 is 0 Å². The highest BCUT2D eigenvalue weighted by atomic mass is 16.5. The van der Waals surface area contributed by atoms with Gasteiger partial charge in [0.15, 0.2) is 0 Å². The Hall–Kier alpha value is -1.38. The van der Waals surface area contributed by atoms with Crippen molar-refractivity contribution < 1.29 is 4.74 Å². The van der Waals surface area contributed by atoms with E-state index in [2.05, 4.69) is 18.9 Å². The lowest BCUT2D eigenvalue weighted by Gasteiger charge is -2.20. The van der Waals surface area contributed by atoms with E-state index in [1.165, 1.54) is 12.8 Å². The summed E-state index contributed by atoms with van der Waals surface area (Å²) in [5, 5.41) is 0. The third-order valence-corrected chi connectivity index (χ3v) is 2.50. The Morgan fingerprint density at radius 3 is 2.73 bits per heavy atom. The topological polar surface area (TPSA) is 38.5 Å². The Kier molecular flexibility index (Phi) is 4.28. The molecular weight excluding hydrogens is 188 g/mol. The van der Waals surface area contributed by atoms with Gasteiger partial charge in [0, 0.05) is 25.3 Å². The molecule has 3 nitrogen and oxygen atoms in total. The number of hydrogen-bond donors (Lipinski definition) is 1. The van der Waals surface area contributed by atoms with E-state index in [0.29, 0.717) is 5.69 Å². The summed E-state index contributed by atoms with van der Waals surface area (Å²) >= 11 is 0. The van der Waals surface area contributed by atoms with Gasteiger partial charge in [-0.1, -0.05) is 13.3 Å². The Morgan fingerprint density at radius 1 is 1.40 bits per heavy atom. The number of benzene rings is 1. The first-order valence-corrected chi connectivity index (χ1v) is 5.33. The van der Waals surface area contributed by atoms with Crippen LogP contribution in [0.5, 0.6) is 5.75 Å². The molecule has 3 heteroatoms. The quantitative estimate of drug-likeness (QED) is 0.756. The summed E-state index contributed by atoms with van der Waals surface area (Å²) in [5.74, 6) is 0.746. The van der Waals surface area contributed by atoms with Crippen LogP contribution in [0.15, 0.2) is 18.2 Å². The van der Waals surface area contributed by atoms with Crippen molar-refractivity contribution in [1.29, 1.82) is 0 Å². The number of unbranched alkanes of at least 4 members (excludes halogenated alkanes) is 1. The second-order valence-corrected chi connectivity index (χ2v) is 3.70. The number of rotatable bonds is 5. The lowest BCUT2D eigenvalue weighted by Crippen LogP contribution is -2.18. The smallest absolute Gasteiger partial charge is 0.143 e. The minimum Gasteiger partial charge on any atom is -0.495 e. The number of hydrogen-bond acceptors (Lipinski definition) is 3. The summed E-state index contributed by atoms with van der Waals surface area (Å²) in [5.41, 5.74) is 7.59. The van der Waals surface area contributed by atoms with Gasteiger partial charge in [0.2, 0.25) is 0 Å². The predicted molar refractivity (Wildman–Crippen MR) is 65.6 cm³/mol. The SMILES string of the molecule is CCCCN(C)c1ccc(N)c(OC)c1. The number of anilines is 2. The Labute approximate surface area is 91.8 Å². The standard InChI is InChI=1S/C12H20N2O/c1-4-5-8-14(2)10-6-7-11(13)12(9-10)15-3/h6-7,9H,4-5,8,13H2,1-3H3. The molecule has 1 aromatic carbocycles. The molecule has 0 aliphatic carbocycles. The fraction of sp³-hybridized carbons (Fsp3) is 0.500. The van der Waals surface area contributed by atoms with Crippen LogP contribution < -0.4 is 15.4 Å². The van der Waals surface area contributed by atoms with Crippen molar-refractivity contribution in [2.45, 2.75) is 19.8 Å². The summed E-state index contributed by atoms with van der Waals surface area (Å²) in [6.45, 7) is 3.25. The number of ether oxygens (including phenoxy) is 1. The highest BCUT2D eigenvalue weighted by Crippen LogP contribution is 2.26. The molecule has 1 aromatic rings. The van der Waals surface area contributed by atoms with Gasteiger partial charge in [0.1, 0.15) is 5.75 Å². The molecule has 0 saturated heterocycles. The van der Waals surface area contributed by atoms with Gasteiger partial charge in [-0.05, 0) is 18.6 Å². The molecule has 0 fully saturated rings. The molecule has 0 aromatic heterocycles. The highest BCUT2D eigenvalue weighted by molar-refractivity contribution is 5.62. The largest absolute Gasteiger partial charge is 0.495 e. The van der Waals surface area contributed by atoms with E-state index in [0.717, 1.165) is 18.0 Å². The molecule has 1 rings (SSSR count). The summed E-state index contributed by atoms with van der Waals surface area (Å²) in [6, 6.07) is 5.88. The lowest BCUT2D eigenvalue weighted by molar-refractivity contribution is 0.417. The van der Waals surface area contributed by atoms with Crippen LogP contribution in [-0.2, 0) is 0 Å². The summed E-state index contributed by atoms with van der Waals surface area (Å²) in [4.78, 5) is 2.21. The molecule has 15 heavy (non-hydrogen) atoms. The van der Waals surface area contributed by atoms with Crippen molar-refractivity contribution in [2.24, 2.45) is 0 Å². The molecule has 0 spiro atoms. The molecule has 0 radical (unpaired) electrons. The molecular formula is C12H20N2O. The van der Waals surface area contributed by atoms with Gasteiger partial charge in [-0.3, -0.25) is 0 Å². The molecule has 0 heterocycles. The van der Waals surface area contributed by atoms with Crippen LogP contribution in [-0.4, -0.2) is 20.7 Å². The first-order chi connectivity index (χ1) is 7.19. The van der Waals surface area contributed by atoms with Crippen LogP contribution in [0.4, 0.5) is 11.4 Å². The fourth-order valence-corrected chi connectivity index (χ4v) is 1.46. The average molecular weight is 208 g/mol. The van der Waals surface area contributed by atoms with Crippen molar-refractivity contribution in [3.63, 3.8) is 0 Å². The van der Waals surface area contributed by atoms with Gasteiger partial charge in [-0.2, -0.15) is 0 Å². The van der Waals surface area contributed by atoms with Gasteiger partial charge in [0.25, 0.3) is 0 Å². The first kappa shape index (κ1) is 11.7. The molecule has 0 aliphatic heterocycles. The average Bonchev–Trinajstić information content (AvgIpc) is 2.26. The van der Waals surface area contributed by atoms with E-state index in [9.17, 15) is 0 Å². The zero-order valence-electron chi connectivity index (χ0n) is 9.79. The first-order valence-electron chi connectivity index (χ1n) is 5.33. The van der Waals surface area contributed by atoms with Crippen molar-refractivity contribution in [3.8, 4) is 5.75 Å². The van der Waals surface area contributed by atoms with Gasteiger partial charge >= 0.3 is 0 Å². The molecule has 0 bridgehead atoms. The van der Waals surface area contributed by atoms with Crippen LogP contribution in [0.25, 0.3) is 0 Å². The minimum atomic E-state index is 0.685. The van der Waals surface area contributed by atoms with E-state index in [1.807, 2.05) is 18.2 Å². The third-order valence-electron chi connectivity index (χ3n) is 2.50. The Morgan fingerprint density at radius 2 is 2.13 bits per heavy atom. The van der Waals surface area contributed by atoms with Crippen molar-refractivity contribution in [2.75, 3.05) is 31.3 Å². The molecule has 2 N–H and O–H groups in total. The number of nitrogens with two attached hydrogens (primary N) is 1. The number of methoxy groups -OCH3 is 1. The van der Waals surface area contributed by atoms with Crippen LogP contribution in [0, 0.1) is 0 Å². The van der Waals surface area contributed by atoms with Crippen LogP contribution >= 0.6 is 0 Å². The van der Waals surface area contributed by atoms with Crippen molar-refractivity contribution in [1.82, 2.24) is 0 Å². The van der Waals surface area contributed by atoms with Crippen LogP contribution in [0.3, 0.4) is 0 Å². The maximum Gasteiger partial charge on any atom is 0.143 e. The molecule has 0 atom stereocenters. The van der Waals surface area contributed by atoms with Crippen molar-refractivity contribution >= 4 is 11.4 Å². The second-order valence-electron chi connectivity index (χ2n) is 3.70. The van der Waals surface area contributed by atoms with Crippen molar-refractivity contribution in [3.05, 3.63) is 18.2 Å². The van der Waals surface area contributed by atoms with Crippen LogP contribution in [0.1, 0.15) is 19.8 Å². The molecule has 0 unspecified atom stereocenters. The fourth-order valence-electron chi connectivity index (χ4n) is 1.46. The van der Waals surface area contributed by atoms with Gasteiger partial charge in [-0.25, -0.2) is 0 Å². The predicted octanol–water partition coefficient (Wildman–Crippen LogP) is 2.51. The van der Waals surface area contributed by atoms with E-state index in [-0.39, 0.29) is 0 Å². The van der Waals surface area contributed by atoms with Crippen LogP contribution in [0.2, 0.25) is 0 Å². The maximum atomic E-state index is 5.76. The maximum absolute atomic E-state index is 5.76. The lowest BCUT2D eigenvalue weighted by atomic mass is 10.2. The summed E-state index contributed by atoms with van der Waals surface area (Å²) < 4.78 is 5.19. The minimum absolute atomic E-state index is 0.685. The molecule has 0 amide bonds. The highest BCUT2D eigenvalue weighted by Gasteiger charge is 2.04. The van der Waals surface area contributed by atoms with E-state index in [4.69, 9.17) is 10.5 Å². The Bertz CT molecular complexity index is 312. The van der Waals surface area contributed by atoms with Gasteiger partial charge in [0.05, 0.1) is 12.8 Å². The summed E-state index contributed by atoms with van der Waals surface area (Å²) in [6.07, 6.45) is 2.40. The van der Waals surface area contributed by atoms with Gasteiger partial charge in [-0.15, -0.1) is 0 Å². The van der Waals surface area contributed by atoms with E-state index in [1.54, 1.807) is 7.11 Å². The molecule has 0 saturated carbocycles. The third kappa shape index (κ3) is 3.05. The monoisotopic (exact) mass is 208 g/mol. The summed E-state index contributed by atoms with van der Waals surface area (Å²) in [7, 11) is 3.72.